The predicted molar refractivity (Wildman–Crippen MR) is 79.4 cm³/mol. The number of nitrogens with two attached hydrogens (primary N) is 1. The van der Waals surface area contributed by atoms with Crippen molar-refractivity contribution in [2.24, 2.45) is 5.73 Å². The molecule has 0 aromatic heterocycles. The Morgan fingerprint density at radius 2 is 1.85 bits per heavy atom. The summed E-state index contributed by atoms with van der Waals surface area (Å²) in [5.74, 6) is 0.566. The normalized spacial score (nSPS) is 10.4. The smallest absolute Gasteiger partial charge is 0.129 e. The van der Waals surface area contributed by atoms with Crippen molar-refractivity contribution < 1.29 is 9.13 Å². The minimum absolute atomic E-state index is 0.189. The second kappa shape index (κ2) is 6.39. The third kappa shape index (κ3) is 3.08. The fourth-order valence-corrected chi connectivity index (χ4v) is 2.20. The van der Waals surface area contributed by atoms with Gasteiger partial charge in [-0.05, 0) is 29.8 Å². The second-order valence-corrected chi connectivity index (χ2v) is 4.65. The highest BCUT2D eigenvalue weighted by Crippen LogP contribution is 2.23. The SMILES string of the molecule is COc1ccc(CN(C)c2cccc(F)c2CN)cc1. The Bertz CT molecular complexity index is 569. The van der Waals surface area contributed by atoms with Crippen LogP contribution in [0, 0.1) is 5.82 Å². The van der Waals surface area contributed by atoms with Crippen LogP contribution in [-0.2, 0) is 13.1 Å². The number of hydrogen-bond donors (Lipinski definition) is 1. The summed E-state index contributed by atoms with van der Waals surface area (Å²) in [7, 11) is 3.57. The first kappa shape index (κ1) is 14.3. The van der Waals surface area contributed by atoms with E-state index in [1.807, 2.05) is 42.3 Å². The Balaban J connectivity index is 2.19. The van der Waals surface area contributed by atoms with Gasteiger partial charge in [-0.3, -0.25) is 0 Å². The lowest BCUT2D eigenvalue weighted by Crippen LogP contribution is -2.19. The zero-order valence-corrected chi connectivity index (χ0v) is 11.8. The third-order valence-electron chi connectivity index (χ3n) is 3.29. The lowest BCUT2D eigenvalue weighted by atomic mass is 10.1. The number of rotatable bonds is 5. The van der Waals surface area contributed by atoms with E-state index in [0.29, 0.717) is 12.1 Å². The van der Waals surface area contributed by atoms with Crippen LogP contribution in [0.4, 0.5) is 10.1 Å². The minimum atomic E-state index is -0.258. The zero-order chi connectivity index (χ0) is 14.5. The summed E-state index contributed by atoms with van der Waals surface area (Å²) in [6.45, 7) is 0.870. The number of halogens is 1. The molecule has 3 nitrogen and oxygen atoms in total. The molecule has 2 aromatic carbocycles. The molecule has 0 aliphatic heterocycles. The van der Waals surface area contributed by atoms with E-state index in [2.05, 4.69) is 0 Å². The molecule has 0 unspecified atom stereocenters. The number of anilines is 1. The highest BCUT2D eigenvalue weighted by atomic mass is 19.1. The maximum absolute atomic E-state index is 13.7. The molecule has 2 N–H and O–H groups in total. The van der Waals surface area contributed by atoms with Gasteiger partial charge in [0.05, 0.1) is 7.11 Å². The predicted octanol–water partition coefficient (Wildman–Crippen LogP) is 2.93. The monoisotopic (exact) mass is 274 g/mol. The van der Waals surface area contributed by atoms with Gasteiger partial charge in [0, 0.05) is 31.4 Å². The van der Waals surface area contributed by atoms with Gasteiger partial charge in [-0.25, -0.2) is 4.39 Å². The number of benzene rings is 2. The van der Waals surface area contributed by atoms with E-state index in [0.717, 1.165) is 17.0 Å². The molecule has 20 heavy (non-hydrogen) atoms. The number of methoxy groups -OCH3 is 1. The van der Waals surface area contributed by atoms with Gasteiger partial charge in [0.25, 0.3) is 0 Å². The molecule has 0 bridgehead atoms. The molecule has 106 valence electrons. The van der Waals surface area contributed by atoms with Crippen LogP contribution < -0.4 is 15.4 Å². The maximum Gasteiger partial charge on any atom is 0.129 e. The topological polar surface area (TPSA) is 38.5 Å². The first-order valence-corrected chi connectivity index (χ1v) is 6.47. The number of nitrogens with zero attached hydrogens (tertiary/aromatic N) is 1. The molecule has 0 aliphatic carbocycles. The van der Waals surface area contributed by atoms with Crippen molar-refractivity contribution in [3.05, 3.63) is 59.4 Å². The standard InChI is InChI=1S/C16H19FN2O/c1-19(11-12-6-8-13(20-2)9-7-12)16-5-3-4-15(17)14(16)10-18/h3-9H,10-11,18H2,1-2H3. The van der Waals surface area contributed by atoms with Crippen LogP contribution >= 0.6 is 0 Å². The van der Waals surface area contributed by atoms with Gasteiger partial charge in [0.15, 0.2) is 0 Å². The van der Waals surface area contributed by atoms with Crippen molar-refractivity contribution in [1.29, 1.82) is 0 Å². The fourth-order valence-electron chi connectivity index (χ4n) is 2.20. The molecular formula is C16H19FN2O. The molecule has 4 heteroatoms. The summed E-state index contributed by atoms with van der Waals surface area (Å²) < 4.78 is 18.9. The Kier molecular flexibility index (Phi) is 4.58. The van der Waals surface area contributed by atoms with E-state index in [1.165, 1.54) is 6.07 Å². The van der Waals surface area contributed by atoms with Crippen LogP contribution in [0.3, 0.4) is 0 Å². The molecular weight excluding hydrogens is 255 g/mol. The molecule has 0 saturated carbocycles. The van der Waals surface area contributed by atoms with Gasteiger partial charge >= 0.3 is 0 Å². The third-order valence-corrected chi connectivity index (χ3v) is 3.29. The molecule has 0 amide bonds. The van der Waals surface area contributed by atoms with Crippen molar-refractivity contribution in [3.63, 3.8) is 0 Å². The Labute approximate surface area is 118 Å². The van der Waals surface area contributed by atoms with Gasteiger partial charge in [-0.15, -0.1) is 0 Å². The minimum Gasteiger partial charge on any atom is -0.497 e. The largest absolute Gasteiger partial charge is 0.497 e. The van der Waals surface area contributed by atoms with Gasteiger partial charge in [0.1, 0.15) is 11.6 Å². The quantitative estimate of drug-likeness (QED) is 0.911. The van der Waals surface area contributed by atoms with Gasteiger partial charge in [-0.2, -0.15) is 0 Å². The van der Waals surface area contributed by atoms with Crippen LogP contribution in [0.1, 0.15) is 11.1 Å². The lowest BCUT2D eigenvalue weighted by molar-refractivity contribution is 0.414. The summed E-state index contributed by atoms with van der Waals surface area (Å²) in [5.41, 5.74) is 8.13. The van der Waals surface area contributed by atoms with E-state index in [-0.39, 0.29) is 12.4 Å². The van der Waals surface area contributed by atoms with E-state index in [4.69, 9.17) is 10.5 Å². The molecule has 2 rings (SSSR count). The summed E-state index contributed by atoms with van der Waals surface area (Å²) in [6, 6.07) is 12.8. The summed E-state index contributed by atoms with van der Waals surface area (Å²) in [5, 5.41) is 0. The first-order valence-electron chi connectivity index (χ1n) is 6.47. The summed E-state index contributed by atoms with van der Waals surface area (Å²) in [4.78, 5) is 1.99. The summed E-state index contributed by atoms with van der Waals surface area (Å²) >= 11 is 0. The van der Waals surface area contributed by atoms with Crippen LogP contribution in [0.5, 0.6) is 5.75 Å². The molecule has 0 radical (unpaired) electrons. The fraction of sp³-hybridized carbons (Fsp3) is 0.250. The molecule has 0 fully saturated rings. The van der Waals surface area contributed by atoms with Crippen molar-refractivity contribution in [2.45, 2.75) is 13.1 Å². The molecule has 0 heterocycles. The Hall–Kier alpha value is -2.07. The van der Waals surface area contributed by atoms with E-state index in [1.54, 1.807) is 13.2 Å². The maximum atomic E-state index is 13.7. The van der Waals surface area contributed by atoms with Crippen molar-refractivity contribution in [1.82, 2.24) is 0 Å². The number of ether oxygens (including phenoxy) is 1. The Morgan fingerprint density at radius 3 is 2.45 bits per heavy atom. The van der Waals surface area contributed by atoms with Crippen molar-refractivity contribution >= 4 is 5.69 Å². The molecule has 0 saturated heterocycles. The van der Waals surface area contributed by atoms with Crippen LogP contribution in [-0.4, -0.2) is 14.2 Å². The van der Waals surface area contributed by atoms with Crippen LogP contribution in [0.25, 0.3) is 0 Å². The van der Waals surface area contributed by atoms with Gasteiger partial charge < -0.3 is 15.4 Å². The van der Waals surface area contributed by atoms with Crippen molar-refractivity contribution in [2.75, 3.05) is 19.1 Å². The van der Waals surface area contributed by atoms with E-state index >= 15 is 0 Å². The molecule has 0 atom stereocenters. The first-order chi connectivity index (χ1) is 9.65. The Morgan fingerprint density at radius 1 is 1.15 bits per heavy atom. The molecule has 2 aromatic rings. The lowest BCUT2D eigenvalue weighted by Gasteiger charge is -2.22. The highest BCUT2D eigenvalue weighted by Gasteiger charge is 2.11. The van der Waals surface area contributed by atoms with Crippen LogP contribution in [0.15, 0.2) is 42.5 Å². The number of hydrogen-bond acceptors (Lipinski definition) is 3. The average Bonchev–Trinajstić information content (AvgIpc) is 2.47. The molecule has 0 spiro atoms. The van der Waals surface area contributed by atoms with Crippen molar-refractivity contribution in [3.8, 4) is 5.75 Å². The summed E-state index contributed by atoms with van der Waals surface area (Å²) in [6.07, 6.45) is 0. The second-order valence-electron chi connectivity index (χ2n) is 4.65. The van der Waals surface area contributed by atoms with Gasteiger partial charge in [0.2, 0.25) is 0 Å². The van der Waals surface area contributed by atoms with Crippen LogP contribution in [0.2, 0.25) is 0 Å². The van der Waals surface area contributed by atoms with E-state index < -0.39 is 0 Å². The zero-order valence-electron chi connectivity index (χ0n) is 11.8. The average molecular weight is 274 g/mol. The van der Waals surface area contributed by atoms with Gasteiger partial charge in [-0.1, -0.05) is 18.2 Å². The van der Waals surface area contributed by atoms with E-state index in [9.17, 15) is 4.39 Å². The molecule has 0 aliphatic rings. The highest BCUT2D eigenvalue weighted by molar-refractivity contribution is 5.54.